The van der Waals surface area contributed by atoms with Gasteiger partial charge in [0, 0.05) is 12.8 Å². The second-order valence-electron chi connectivity index (χ2n) is 3.12. The number of rotatable bonds is 2. The lowest BCUT2D eigenvalue weighted by Crippen LogP contribution is -2.33. The van der Waals surface area contributed by atoms with Crippen molar-refractivity contribution in [1.82, 2.24) is 0 Å². The van der Waals surface area contributed by atoms with Gasteiger partial charge >= 0.3 is 0 Å². The van der Waals surface area contributed by atoms with E-state index < -0.39 is 0 Å². The van der Waals surface area contributed by atoms with Gasteiger partial charge in [0.05, 0.1) is 5.02 Å². The van der Waals surface area contributed by atoms with Crippen molar-refractivity contribution in [2.45, 2.75) is 18.9 Å². The summed E-state index contributed by atoms with van der Waals surface area (Å²) < 4.78 is 5.50. The van der Waals surface area contributed by atoms with Crippen LogP contribution in [0.1, 0.15) is 12.8 Å². The Bertz CT molecular complexity index is 327. The third-order valence-electron chi connectivity index (χ3n) is 2.04. The normalized spacial score (nSPS) is 16.8. The quantitative estimate of drug-likeness (QED) is 0.727. The average Bonchev–Trinajstić information content (AvgIpc) is 2.06. The second kappa shape index (κ2) is 3.38. The van der Waals surface area contributed by atoms with Crippen molar-refractivity contribution in [3.05, 3.63) is 29.3 Å². The lowest BCUT2D eigenvalue weighted by Gasteiger charge is -2.25. The zero-order valence-corrected chi connectivity index (χ0v) is 7.75. The van der Waals surface area contributed by atoms with Crippen LogP contribution in [0.15, 0.2) is 24.3 Å². The third kappa shape index (κ3) is 1.83. The molecule has 0 spiro atoms. The van der Waals surface area contributed by atoms with Crippen LogP contribution in [0.5, 0.6) is 5.75 Å². The van der Waals surface area contributed by atoms with Crippen LogP contribution in [0, 0.1) is 0 Å². The minimum Gasteiger partial charge on any atom is -0.488 e. The molecule has 0 saturated heterocycles. The number of hydrogen-bond acceptors (Lipinski definition) is 2. The molecule has 1 fully saturated rings. The molecule has 0 amide bonds. The first-order chi connectivity index (χ1) is 6.25. The van der Waals surface area contributed by atoms with E-state index in [0.29, 0.717) is 23.6 Å². The van der Waals surface area contributed by atoms with Gasteiger partial charge in [0.25, 0.3) is 0 Å². The number of carbonyl (C=O) groups excluding carboxylic acids is 1. The Morgan fingerprint density at radius 3 is 2.62 bits per heavy atom. The molecule has 3 heteroatoms. The highest BCUT2D eigenvalue weighted by Gasteiger charge is 2.28. The minimum atomic E-state index is 0.0346. The topological polar surface area (TPSA) is 26.3 Å². The smallest absolute Gasteiger partial charge is 0.140 e. The number of hydrogen-bond donors (Lipinski definition) is 0. The van der Waals surface area contributed by atoms with Crippen LogP contribution in [0.25, 0.3) is 0 Å². The van der Waals surface area contributed by atoms with Crippen LogP contribution in [-0.4, -0.2) is 11.9 Å². The third-order valence-corrected chi connectivity index (χ3v) is 2.35. The highest BCUT2D eigenvalue weighted by atomic mass is 35.5. The number of benzene rings is 1. The van der Waals surface area contributed by atoms with Crippen LogP contribution in [0.2, 0.25) is 5.02 Å². The fourth-order valence-electron chi connectivity index (χ4n) is 1.25. The largest absolute Gasteiger partial charge is 0.488 e. The van der Waals surface area contributed by atoms with Crippen molar-refractivity contribution in [2.24, 2.45) is 0 Å². The first-order valence-electron chi connectivity index (χ1n) is 4.18. The molecule has 1 aliphatic carbocycles. The molecular weight excluding hydrogens is 188 g/mol. The van der Waals surface area contributed by atoms with Crippen molar-refractivity contribution >= 4 is 17.4 Å². The molecule has 0 atom stereocenters. The molecule has 0 aliphatic heterocycles. The summed E-state index contributed by atoms with van der Waals surface area (Å²) in [4.78, 5) is 10.7. The van der Waals surface area contributed by atoms with Gasteiger partial charge in [-0.15, -0.1) is 0 Å². The predicted octanol–water partition coefficient (Wildman–Crippen LogP) is 2.45. The Hall–Kier alpha value is -1.02. The monoisotopic (exact) mass is 196 g/mol. The molecule has 0 unspecified atom stereocenters. The number of para-hydroxylation sites is 1. The molecule has 68 valence electrons. The van der Waals surface area contributed by atoms with Gasteiger partial charge in [-0.25, -0.2) is 0 Å². The van der Waals surface area contributed by atoms with Crippen molar-refractivity contribution in [2.75, 3.05) is 0 Å². The number of ketones is 1. The van der Waals surface area contributed by atoms with E-state index in [1.54, 1.807) is 6.07 Å². The summed E-state index contributed by atoms with van der Waals surface area (Å²) in [6.45, 7) is 0. The summed E-state index contributed by atoms with van der Waals surface area (Å²) in [6.07, 6.45) is 1.07. The van der Waals surface area contributed by atoms with Crippen LogP contribution in [-0.2, 0) is 4.79 Å². The number of halogens is 1. The summed E-state index contributed by atoms with van der Waals surface area (Å²) in [7, 11) is 0. The highest BCUT2D eigenvalue weighted by Crippen LogP contribution is 2.28. The molecule has 0 aromatic heterocycles. The van der Waals surface area contributed by atoms with Gasteiger partial charge in [0.15, 0.2) is 0 Å². The van der Waals surface area contributed by atoms with Crippen LogP contribution in [0.4, 0.5) is 0 Å². The van der Waals surface area contributed by atoms with E-state index in [1.165, 1.54) is 0 Å². The van der Waals surface area contributed by atoms with Gasteiger partial charge in [0.2, 0.25) is 0 Å². The van der Waals surface area contributed by atoms with Crippen LogP contribution >= 0.6 is 11.6 Å². The van der Waals surface area contributed by atoms with Crippen molar-refractivity contribution < 1.29 is 9.53 Å². The molecule has 13 heavy (non-hydrogen) atoms. The summed E-state index contributed by atoms with van der Waals surface area (Å²) >= 11 is 5.88. The van der Waals surface area contributed by atoms with Crippen molar-refractivity contribution in [1.29, 1.82) is 0 Å². The molecule has 0 radical (unpaired) electrons. The molecule has 2 nitrogen and oxygen atoms in total. The zero-order chi connectivity index (χ0) is 9.26. The molecule has 2 rings (SSSR count). The van der Waals surface area contributed by atoms with Gasteiger partial charge in [-0.3, -0.25) is 4.79 Å². The van der Waals surface area contributed by atoms with Gasteiger partial charge in [-0.1, -0.05) is 23.7 Å². The maximum Gasteiger partial charge on any atom is 0.140 e. The molecule has 1 saturated carbocycles. The molecule has 1 aromatic rings. The Balaban J connectivity index is 2.02. The Morgan fingerprint density at radius 2 is 2.00 bits per heavy atom. The first-order valence-corrected chi connectivity index (χ1v) is 4.56. The molecule has 1 aromatic carbocycles. The maximum atomic E-state index is 10.7. The summed E-state index contributed by atoms with van der Waals surface area (Å²) in [6, 6.07) is 7.30. The fraction of sp³-hybridized carbons (Fsp3) is 0.300. The van der Waals surface area contributed by atoms with E-state index in [9.17, 15) is 4.79 Å². The van der Waals surface area contributed by atoms with Gasteiger partial charge in [-0.05, 0) is 12.1 Å². The molecule has 0 N–H and O–H groups in total. The first kappa shape index (κ1) is 8.57. The van der Waals surface area contributed by atoms with E-state index >= 15 is 0 Å². The summed E-state index contributed by atoms with van der Waals surface area (Å²) in [5, 5.41) is 0.599. The van der Waals surface area contributed by atoms with Gasteiger partial charge in [0.1, 0.15) is 17.6 Å². The summed E-state index contributed by atoms with van der Waals surface area (Å²) in [5.74, 6) is 0.929. The second-order valence-corrected chi connectivity index (χ2v) is 3.52. The van der Waals surface area contributed by atoms with E-state index in [0.717, 1.165) is 0 Å². The fourth-order valence-corrected chi connectivity index (χ4v) is 1.43. The lowest BCUT2D eigenvalue weighted by atomic mass is 9.94. The standard InChI is InChI=1S/C10H9ClO2/c11-9-3-1-2-4-10(9)13-8-5-7(12)6-8/h1-4,8H,5-6H2. The Kier molecular flexibility index (Phi) is 2.23. The zero-order valence-electron chi connectivity index (χ0n) is 7.00. The predicted molar refractivity (Wildman–Crippen MR) is 50.1 cm³/mol. The number of carbonyl (C=O) groups is 1. The van der Waals surface area contributed by atoms with Gasteiger partial charge in [-0.2, -0.15) is 0 Å². The van der Waals surface area contributed by atoms with E-state index in [1.807, 2.05) is 18.2 Å². The minimum absolute atomic E-state index is 0.0346. The Labute approximate surface area is 81.5 Å². The van der Waals surface area contributed by atoms with E-state index in [-0.39, 0.29) is 11.9 Å². The van der Waals surface area contributed by atoms with Crippen molar-refractivity contribution in [3.8, 4) is 5.75 Å². The molecule has 1 aliphatic rings. The maximum absolute atomic E-state index is 10.7. The lowest BCUT2D eigenvalue weighted by molar-refractivity contribution is -0.129. The van der Waals surface area contributed by atoms with Crippen LogP contribution < -0.4 is 4.74 Å². The molecular formula is C10H9ClO2. The van der Waals surface area contributed by atoms with Crippen LogP contribution in [0.3, 0.4) is 0 Å². The SMILES string of the molecule is O=C1CC(Oc2ccccc2Cl)C1. The summed E-state index contributed by atoms with van der Waals surface area (Å²) in [5.41, 5.74) is 0. The van der Waals surface area contributed by atoms with Gasteiger partial charge < -0.3 is 4.74 Å². The molecule has 0 heterocycles. The van der Waals surface area contributed by atoms with Crippen molar-refractivity contribution in [3.63, 3.8) is 0 Å². The van der Waals surface area contributed by atoms with E-state index in [4.69, 9.17) is 16.3 Å². The number of Topliss-reactive ketones (excluding diaryl/α,β-unsaturated/α-hetero) is 1. The highest BCUT2D eigenvalue weighted by molar-refractivity contribution is 6.32. The number of ether oxygens (including phenoxy) is 1. The Morgan fingerprint density at radius 1 is 1.31 bits per heavy atom. The molecule has 0 bridgehead atoms. The average molecular weight is 197 g/mol. The van der Waals surface area contributed by atoms with E-state index in [2.05, 4.69) is 0 Å².